The summed E-state index contributed by atoms with van der Waals surface area (Å²) in [5, 5.41) is 12.1. The van der Waals surface area contributed by atoms with Crippen molar-refractivity contribution in [1.29, 1.82) is 0 Å². The minimum atomic E-state index is -1.13. The molecule has 6 nitrogen and oxygen atoms in total. The summed E-state index contributed by atoms with van der Waals surface area (Å²) in [5.41, 5.74) is -2.90. The molecule has 0 amide bonds. The number of hydrogen-bond donors (Lipinski definition) is 1. The number of nitrogens with zero attached hydrogens (tertiary/aromatic N) is 2. The topological polar surface area (TPSA) is 69.9 Å². The number of Topliss-reactive ketones (excluding diaryl/α,β-unsaturated/α-hetero) is 1. The predicted octanol–water partition coefficient (Wildman–Crippen LogP) is 3.75. The van der Waals surface area contributed by atoms with Crippen molar-refractivity contribution in [2.24, 2.45) is 0 Å². The van der Waals surface area contributed by atoms with Crippen LogP contribution in [-0.2, 0) is 9.53 Å². The molecule has 0 aromatic rings. The van der Waals surface area contributed by atoms with Crippen LogP contribution in [0, 0.1) is 4.91 Å². The Morgan fingerprint density at radius 1 is 1.04 bits per heavy atom. The molecular weight excluding hydrogens is 332 g/mol. The van der Waals surface area contributed by atoms with E-state index < -0.39 is 27.8 Å². The molecule has 0 bridgehead atoms. The van der Waals surface area contributed by atoms with Gasteiger partial charge in [-0.1, -0.05) is 0 Å². The smallest absolute Gasteiger partial charge is 0.251 e. The lowest BCUT2D eigenvalue weighted by Crippen LogP contribution is -2.72. The summed E-state index contributed by atoms with van der Waals surface area (Å²) in [5.74, 6) is 0.777. The number of ether oxygens (including phenoxy) is 1. The molecule has 3 aliphatic heterocycles. The van der Waals surface area contributed by atoms with Crippen LogP contribution in [0.3, 0.4) is 0 Å². The van der Waals surface area contributed by atoms with Gasteiger partial charge in [0.2, 0.25) is 11.1 Å². The van der Waals surface area contributed by atoms with E-state index in [-0.39, 0.29) is 12.2 Å². The molecular formula is C20H33N2O4+. The summed E-state index contributed by atoms with van der Waals surface area (Å²) >= 11 is 0. The van der Waals surface area contributed by atoms with E-state index in [0.29, 0.717) is 19.3 Å². The van der Waals surface area contributed by atoms with Gasteiger partial charge >= 0.3 is 0 Å². The van der Waals surface area contributed by atoms with Crippen LogP contribution in [0.2, 0.25) is 0 Å². The SMILES string of the molecule is CC1(C)CC2=C(CC[C@@]3(O2)C(=O)CC(C)(C)[N+](=O)C3(C)C)C(C)(C)N1O. The van der Waals surface area contributed by atoms with Crippen molar-refractivity contribution in [3.63, 3.8) is 0 Å². The van der Waals surface area contributed by atoms with Gasteiger partial charge in [0, 0.05) is 55.7 Å². The fourth-order valence-electron chi connectivity index (χ4n) is 5.40. The first kappa shape index (κ1) is 19.5. The Labute approximate surface area is 156 Å². The first-order chi connectivity index (χ1) is 11.6. The highest BCUT2D eigenvalue weighted by molar-refractivity contribution is 5.90. The summed E-state index contributed by atoms with van der Waals surface area (Å²) in [4.78, 5) is 26.3. The molecule has 0 radical (unpaired) electrons. The van der Waals surface area contributed by atoms with Gasteiger partial charge in [-0.25, -0.2) is 0 Å². The Bertz CT molecular complexity index is 717. The number of piperidine rings is 1. The van der Waals surface area contributed by atoms with E-state index in [9.17, 15) is 14.9 Å². The minimum Gasteiger partial charge on any atom is -0.476 e. The van der Waals surface area contributed by atoms with Gasteiger partial charge in [0.1, 0.15) is 5.76 Å². The average molecular weight is 365 g/mol. The number of ketones is 1. The van der Waals surface area contributed by atoms with Gasteiger partial charge in [-0.2, -0.15) is 5.06 Å². The summed E-state index contributed by atoms with van der Waals surface area (Å²) in [6.07, 6.45) is 1.79. The average Bonchev–Trinajstić information content (AvgIpc) is 2.49. The van der Waals surface area contributed by atoms with Crippen molar-refractivity contribution in [3.05, 3.63) is 16.2 Å². The Morgan fingerprint density at radius 3 is 2.19 bits per heavy atom. The van der Waals surface area contributed by atoms with Crippen LogP contribution < -0.4 is 0 Å². The van der Waals surface area contributed by atoms with Crippen molar-refractivity contribution < 1.29 is 19.5 Å². The fourth-order valence-corrected chi connectivity index (χ4v) is 5.40. The van der Waals surface area contributed by atoms with Gasteiger partial charge in [-0.05, 0) is 39.7 Å². The predicted molar refractivity (Wildman–Crippen MR) is 97.9 cm³/mol. The number of hydroxylamine groups is 2. The zero-order chi connectivity index (χ0) is 19.9. The Hall–Kier alpha value is -1.27. The molecule has 3 aliphatic rings. The number of hydrogen-bond acceptors (Lipinski definition) is 5. The quantitative estimate of drug-likeness (QED) is 0.662. The fraction of sp³-hybridized carbons (Fsp3) is 0.850. The van der Waals surface area contributed by atoms with Gasteiger partial charge in [0.05, 0.1) is 12.0 Å². The molecule has 1 spiro atoms. The molecule has 0 aliphatic carbocycles. The van der Waals surface area contributed by atoms with Crippen LogP contribution in [-0.4, -0.2) is 48.6 Å². The minimum absolute atomic E-state index is 0.00758. The maximum Gasteiger partial charge on any atom is 0.251 e. The molecule has 3 heterocycles. The maximum atomic E-state index is 13.2. The highest BCUT2D eigenvalue weighted by Crippen LogP contribution is 2.53. The monoisotopic (exact) mass is 365 g/mol. The summed E-state index contributed by atoms with van der Waals surface area (Å²) in [7, 11) is 0. The van der Waals surface area contributed by atoms with E-state index in [1.165, 1.54) is 5.06 Å². The number of carbonyl (C=O) groups excluding carboxylic acids is 1. The number of carbonyl (C=O) groups is 1. The standard InChI is InChI=1S/C20H33N2O4/c1-16(2)11-14-13(18(5,6)21(16)24)9-10-20(26-14)15(23)12-17(3,4)22(25)19(20,7)8/h24H,9-12H2,1-8H3/q+1/t20-/m1/s1. The molecule has 0 saturated carbocycles. The zero-order valence-corrected chi connectivity index (χ0v) is 17.4. The van der Waals surface area contributed by atoms with Crippen molar-refractivity contribution in [3.8, 4) is 0 Å². The van der Waals surface area contributed by atoms with Crippen LogP contribution in [0.4, 0.5) is 0 Å². The Balaban J connectivity index is 2.10. The van der Waals surface area contributed by atoms with E-state index in [4.69, 9.17) is 4.74 Å². The van der Waals surface area contributed by atoms with Crippen molar-refractivity contribution in [1.82, 2.24) is 5.06 Å². The maximum absolute atomic E-state index is 13.2. The van der Waals surface area contributed by atoms with Gasteiger partial charge in [0.15, 0.2) is 5.78 Å². The van der Waals surface area contributed by atoms with E-state index in [0.717, 1.165) is 16.1 Å². The lowest BCUT2D eigenvalue weighted by molar-refractivity contribution is -0.701. The highest BCUT2D eigenvalue weighted by atomic mass is 16.5. The summed E-state index contributed by atoms with van der Waals surface area (Å²) in [6, 6.07) is 0. The first-order valence-corrected chi connectivity index (χ1v) is 9.51. The van der Waals surface area contributed by atoms with Crippen LogP contribution in [0.25, 0.3) is 0 Å². The molecule has 1 fully saturated rings. The van der Waals surface area contributed by atoms with Crippen molar-refractivity contribution >= 4 is 5.78 Å². The molecule has 3 rings (SSSR count). The number of nitroso groups, excluding NO2 is 1. The molecule has 1 saturated heterocycles. The second-order valence-corrected chi connectivity index (χ2v) is 10.5. The van der Waals surface area contributed by atoms with Gasteiger partial charge < -0.3 is 9.94 Å². The molecule has 146 valence electrons. The Morgan fingerprint density at radius 2 is 1.62 bits per heavy atom. The lowest BCUT2D eigenvalue weighted by Gasteiger charge is -2.55. The number of rotatable bonds is 0. The zero-order valence-electron chi connectivity index (χ0n) is 17.4. The lowest BCUT2D eigenvalue weighted by atomic mass is 9.64. The third kappa shape index (κ3) is 2.27. The highest BCUT2D eigenvalue weighted by Gasteiger charge is 2.72. The van der Waals surface area contributed by atoms with Crippen LogP contribution in [0.1, 0.15) is 81.1 Å². The van der Waals surface area contributed by atoms with Gasteiger partial charge in [-0.15, -0.1) is 0 Å². The third-order valence-corrected chi connectivity index (χ3v) is 6.89. The molecule has 0 unspecified atom stereocenters. The van der Waals surface area contributed by atoms with E-state index >= 15 is 0 Å². The molecule has 26 heavy (non-hydrogen) atoms. The molecule has 0 aromatic heterocycles. The summed E-state index contributed by atoms with van der Waals surface area (Å²) in [6.45, 7) is 15.1. The van der Waals surface area contributed by atoms with Crippen molar-refractivity contribution in [2.45, 2.75) is 109 Å². The van der Waals surface area contributed by atoms with Crippen molar-refractivity contribution in [2.75, 3.05) is 0 Å². The summed E-state index contributed by atoms with van der Waals surface area (Å²) < 4.78 is 7.54. The van der Waals surface area contributed by atoms with E-state index in [1.54, 1.807) is 0 Å². The van der Waals surface area contributed by atoms with Gasteiger partial charge in [-0.3, -0.25) is 4.79 Å². The van der Waals surface area contributed by atoms with Crippen LogP contribution >= 0.6 is 0 Å². The van der Waals surface area contributed by atoms with E-state index in [1.807, 2.05) is 55.4 Å². The normalized spacial score (nSPS) is 35.3. The molecule has 0 aromatic carbocycles. The van der Waals surface area contributed by atoms with E-state index in [2.05, 4.69) is 0 Å². The van der Waals surface area contributed by atoms with Gasteiger partial charge in [0.25, 0.3) is 5.54 Å². The first-order valence-electron chi connectivity index (χ1n) is 9.51. The molecule has 1 N–H and O–H groups in total. The second-order valence-electron chi connectivity index (χ2n) is 10.5. The molecule has 6 heteroatoms. The molecule has 1 atom stereocenters. The van der Waals surface area contributed by atoms with Crippen LogP contribution in [0.15, 0.2) is 11.3 Å². The third-order valence-electron chi connectivity index (χ3n) is 6.89. The Kier molecular flexibility index (Phi) is 3.87. The second kappa shape index (κ2) is 5.16. The largest absolute Gasteiger partial charge is 0.476 e. The van der Waals surface area contributed by atoms with Crippen LogP contribution in [0.5, 0.6) is 0 Å².